The first-order valence-corrected chi connectivity index (χ1v) is 6.36. The average molecular weight is 285 g/mol. The van der Waals surface area contributed by atoms with E-state index in [0.29, 0.717) is 19.1 Å². The van der Waals surface area contributed by atoms with Gasteiger partial charge in [0.05, 0.1) is 0 Å². The second-order valence-electron chi connectivity index (χ2n) is 5.05. The Morgan fingerprint density at radius 1 is 1.37 bits per heavy atom. The third-order valence-electron chi connectivity index (χ3n) is 3.16. The molecule has 1 heterocycles. The van der Waals surface area contributed by atoms with Crippen molar-refractivity contribution in [2.45, 2.75) is 26.0 Å². The van der Waals surface area contributed by atoms with Crippen molar-refractivity contribution in [3.05, 3.63) is 35.9 Å². The molecule has 0 aromatic heterocycles. The molecule has 1 aliphatic rings. The Kier molecular flexibility index (Phi) is 6.12. The summed E-state index contributed by atoms with van der Waals surface area (Å²) < 4.78 is 5.30. The number of rotatable bonds is 2. The maximum Gasteiger partial charge on any atom is 0.410 e. The second kappa shape index (κ2) is 7.36. The van der Waals surface area contributed by atoms with E-state index >= 15 is 0 Å². The molecular formula is C14H21ClN2O2. The number of likely N-dealkylation sites (tertiary alicyclic amines) is 1. The van der Waals surface area contributed by atoms with Gasteiger partial charge in [-0.1, -0.05) is 37.3 Å². The summed E-state index contributed by atoms with van der Waals surface area (Å²) in [5.74, 6) is 0.443. The van der Waals surface area contributed by atoms with Gasteiger partial charge in [-0.15, -0.1) is 12.4 Å². The Morgan fingerprint density at radius 3 is 2.68 bits per heavy atom. The van der Waals surface area contributed by atoms with Crippen molar-refractivity contribution >= 4 is 18.5 Å². The summed E-state index contributed by atoms with van der Waals surface area (Å²) in [6.07, 6.45) is 0.712. The average Bonchev–Trinajstić information content (AvgIpc) is 2.36. The zero-order valence-electron chi connectivity index (χ0n) is 11.1. The van der Waals surface area contributed by atoms with E-state index in [4.69, 9.17) is 10.5 Å². The number of nitrogens with zero attached hydrogens (tertiary/aromatic N) is 1. The summed E-state index contributed by atoms with van der Waals surface area (Å²) >= 11 is 0. The van der Waals surface area contributed by atoms with Gasteiger partial charge in [-0.25, -0.2) is 4.79 Å². The molecule has 2 atom stereocenters. The number of amides is 1. The highest BCUT2D eigenvalue weighted by Crippen LogP contribution is 2.16. The van der Waals surface area contributed by atoms with E-state index < -0.39 is 0 Å². The molecule has 0 radical (unpaired) electrons. The predicted molar refractivity (Wildman–Crippen MR) is 77.2 cm³/mol. The van der Waals surface area contributed by atoms with Gasteiger partial charge in [-0.05, 0) is 17.9 Å². The lowest BCUT2D eigenvalue weighted by molar-refractivity contribution is 0.0767. The highest BCUT2D eigenvalue weighted by molar-refractivity contribution is 5.85. The Labute approximate surface area is 120 Å². The molecule has 1 aromatic rings. The number of piperidine rings is 1. The standard InChI is InChI=1S/C14H20N2O2.ClH/c1-11-7-13(15)9-16(8-11)14(17)18-10-12-5-3-2-4-6-12;/h2-6,11,13H,7-10,15H2,1H3;1H. The van der Waals surface area contributed by atoms with E-state index in [1.54, 1.807) is 4.90 Å². The monoisotopic (exact) mass is 284 g/mol. The van der Waals surface area contributed by atoms with Crippen LogP contribution in [0.4, 0.5) is 4.79 Å². The Morgan fingerprint density at radius 2 is 2.05 bits per heavy atom. The van der Waals surface area contributed by atoms with E-state index in [0.717, 1.165) is 18.5 Å². The van der Waals surface area contributed by atoms with Crippen LogP contribution in [0.25, 0.3) is 0 Å². The minimum Gasteiger partial charge on any atom is -0.445 e. The van der Waals surface area contributed by atoms with Crippen molar-refractivity contribution in [2.24, 2.45) is 11.7 Å². The fraction of sp³-hybridized carbons (Fsp3) is 0.500. The van der Waals surface area contributed by atoms with Crippen molar-refractivity contribution in [3.8, 4) is 0 Å². The molecular weight excluding hydrogens is 264 g/mol. The fourth-order valence-electron chi connectivity index (χ4n) is 2.36. The van der Waals surface area contributed by atoms with E-state index in [1.165, 1.54) is 0 Å². The van der Waals surface area contributed by atoms with Crippen LogP contribution in [0, 0.1) is 5.92 Å². The maximum atomic E-state index is 11.9. The summed E-state index contributed by atoms with van der Waals surface area (Å²) in [5.41, 5.74) is 6.91. The quantitative estimate of drug-likeness (QED) is 0.907. The number of hydrogen-bond donors (Lipinski definition) is 1. The summed E-state index contributed by atoms with van der Waals surface area (Å²) in [6, 6.07) is 9.76. The molecule has 0 bridgehead atoms. The summed E-state index contributed by atoms with van der Waals surface area (Å²) in [4.78, 5) is 13.6. The van der Waals surface area contributed by atoms with E-state index in [9.17, 15) is 4.79 Å². The summed E-state index contributed by atoms with van der Waals surface area (Å²) in [6.45, 7) is 3.76. The molecule has 1 aromatic carbocycles. The molecule has 1 amide bonds. The number of carbonyl (C=O) groups is 1. The highest BCUT2D eigenvalue weighted by atomic mass is 35.5. The largest absolute Gasteiger partial charge is 0.445 e. The topological polar surface area (TPSA) is 55.6 Å². The predicted octanol–water partition coefficient (Wildman–Crippen LogP) is 2.41. The Hall–Kier alpha value is -1.26. The van der Waals surface area contributed by atoms with Crippen LogP contribution >= 0.6 is 12.4 Å². The lowest BCUT2D eigenvalue weighted by Crippen LogP contribution is -2.48. The number of nitrogens with two attached hydrogens (primary N) is 1. The zero-order valence-corrected chi connectivity index (χ0v) is 11.9. The SMILES string of the molecule is CC1CC(N)CN(C(=O)OCc2ccccc2)C1.Cl. The van der Waals surface area contributed by atoms with Crippen molar-refractivity contribution < 1.29 is 9.53 Å². The normalized spacial score (nSPS) is 22.5. The van der Waals surface area contributed by atoms with Crippen LogP contribution < -0.4 is 5.73 Å². The molecule has 4 nitrogen and oxygen atoms in total. The number of carbonyl (C=O) groups excluding carboxylic acids is 1. The van der Waals surface area contributed by atoms with Gasteiger partial charge in [-0.2, -0.15) is 0 Å². The van der Waals surface area contributed by atoms with Gasteiger partial charge in [0.25, 0.3) is 0 Å². The lowest BCUT2D eigenvalue weighted by Gasteiger charge is -2.33. The molecule has 5 heteroatoms. The summed E-state index contributed by atoms with van der Waals surface area (Å²) in [5, 5.41) is 0. The summed E-state index contributed by atoms with van der Waals surface area (Å²) in [7, 11) is 0. The molecule has 0 saturated carbocycles. The lowest BCUT2D eigenvalue weighted by atomic mass is 9.97. The van der Waals surface area contributed by atoms with Gasteiger partial charge >= 0.3 is 6.09 Å². The van der Waals surface area contributed by atoms with Crippen LogP contribution in [0.1, 0.15) is 18.9 Å². The first-order valence-electron chi connectivity index (χ1n) is 6.36. The molecule has 1 aliphatic heterocycles. The second-order valence-corrected chi connectivity index (χ2v) is 5.05. The zero-order chi connectivity index (χ0) is 13.0. The third kappa shape index (κ3) is 4.73. The van der Waals surface area contributed by atoms with Crippen molar-refractivity contribution in [2.75, 3.05) is 13.1 Å². The fourth-order valence-corrected chi connectivity index (χ4v) is 2.36. The van der Waals surface area contributed by atoms with Gasteiger partial charge in [0.1, 0.15) is 6.61 Å². The third-order valence-corrected chi connectivity index (χ3v) is 3.16. The highest BCUT2D eigenvalue weighted by Gasteiger charge is 2.26. The van der Waals surface area contributed by atoms with Gasteiger partial charge in [0, 0.05) is 19.1 Å². The number of halogens is 1. The van der Waals surface area contributed by atoms with Gasteiger partial charge in [0.2, 0.25) is 0 Å². The van der Waals surface area contributed by atoms with Crippen LogP contribution in [0.15, 0.2) is 30.3 Å². The van der Waals surface area contributed by atoms with Crippen LogP contribution in [0.3, 0.4) is 0 Å². The smallest absolute Gasteiger partial charge is 0.410 e. The molecule has 1 saturated heterocycles. The first kappa shape index (κ1) is 15.8. The number of ether oxygens (including phenoxy) is 1. The minimum atomic E-state index is -0.263. The molecule has 2 rings (SSSR count). The van der Waals surface area contributed by atoms with Gasteiger partial charge in [0.15, 0.2) is 0 Å². The number of hydrogen-bond acceptors (Lipinski definition) is 3. The van der Waals surface area contributed by atoms with Gasteiger partial charge in [-0.3, -0.25) is 0 Å². The molecule has 0 aliphatic carbocycles. The van der Waals surface area contributed by atoms with Crippen LogP contribution in [-0.4, -0.2) is 30.1 Å². The number of benzene rings is 1. The van der Waals surface area contributed by atoms with E-state index in [-0.39, 0.29) is 24.5 Å². The molecule has 2 N–H and O–H groups in total. The van der Waals surface area contributed by atoms with Crippen molar-refractivity contribution in [1.29, 1.82) is 0 Å². The molecule has 0 spiro atoms. The molecule has 1 fully saturated rings. The Bertz CT molecular complexity index is 390. The van der Waals surface area contributed by atoms with Crippen LogP contribution in [0.5, 0.6) is 0 Å². The van der Waals surface area contributed by atoms with Crippen LogP contribution in [-0.2, 0) is 11.3 Å². The minimum absolute atomic E-state index is 0. The van der Waals surface area contributed by atoms with Gasteiger partial charge < -0.3 is 15.4 Å². The van der Waals surface area contributed by atoms with E-state index in [1.807, 2.05) is 30.3 Å². The maximum absolute atomic E-state index is 11.9. The van der Waals surface area contributed by atoms with Crippen LogP contribution in [0.2, 0.25) is 0 Å². The Balaban J connectivity index is 0.00000180. The molecule has 19 heavy (non-hydrogen) atoms. The molecule has 106 valence electrons. The van der Waals surface area contributed by atoms with E-state index in [2.05, 4.69) is 6.92 Å². The first-order chi connectivity index (χ1) is 8.65. The van der Waals surface area contributed by atoms with Crippen molar-refractivity contribution in [1.82, 2.24) is 4.90 Å². The molecule has 2 unspecified atom stereocenters. The van der Waals surface area contributed by atoms with Crippen molar-refractivity contribution in [3.63, 3.8) is 0 Å².